The van der Waals surface area contributed by atoms with Gasteiger partial charge in [0, 0.05) is 44.0 Å². The molecule has 31 heavy (non-hydrogen) atoms. The van der Waals surface area contributed by atoms with Crippen molar-refractivity contribution in [3.8, 4) is 0 Å². The van der Waals surface area contributed by atoms with E-state index in [1.165, 1.54) is 23.5 Å². The van der Waals surface area contributed by atoms with Gasteiger partial charge in [-0.2, -0.15) is 0 Å². The highest BCUT2D eigenvalue weighted by atomic mass is 32.1. The molecule has 0 amide bonds. The predicted octanol–water partition coefficient (Wildman–Crippen LogP) is 3.18. The number of hydrogen-bond donors (Lipinski definition) is 0. The number of ketones is 1. The molecule has 0 spiro atoms. The summed E-state index contributed by atoms with van der Waals surface area (Å²) in [7, 11) is 0. The SMILES string of the molecule is CC(=O)c1ccc2c(c1)sc(=O)n2CCCCN1CCN(c2ccc(F)cc2)CC1.O. The molecule has 8 heteroatoms. The Labute approximate surface area is 184 Å². The fourth-order valence-electron chi connectivity index (χ4n) is 3.98. The van der Waals surface area contributed by atoms with E-state index in [9.17, 15) is 14.0 Å². The average molecular weight is 446 g/mol. The zero-order chi connectivity index (χ0) is 21.1. The Morgan fingerprint density at radius 2 is 1.68 bits per heavy atom. The summed E-state index contributed by atoms with van der Waals surface area (Å²) in [5, 5.41) is 0. The first-order chi connectivity index (χ1) is 14.5. The molecule has 166 valence electrons. The van der Waals surface area contributed by atoms with Gasteiger partial charge in [0.25, 0.3) is 0 Å². The molecule has 6 nitrogen and oxygen atoms in total. The molecule has 1 aliphatic rings. The first-order valence-corrected chi connectivity index (χ1v) is 11.2. The standard InChI is InChI=1S/C23H26FN3O2S.H2O/c1-17(28)18-4-9-21-22(16-18)30-23(29)27(21)11-3-2-10-25-12-14-26(15-13-25)20-7-5-19(24)6-8-20;/h4-9,16H,2-3,10-15H2,1H3;1H2. The van der Waals surface area contributed by atoms with Crippen molar-refractivity contribution in [3.63, 3.8) is 0 Å². The van der Waals surface area contributed by atoms with Crippen molar-refractivity contribution in [2.24, 2.45) is 0 Å². The number of carbonyl (C=O) groups is 1. The lowest BCUT2D eigenvalue weighted by atomic mass is 10.1. The Morgan fingerprint density at radius 3 is 2.35 bits per heavy atom. The highest BCUT2D eigenvalue weighted by Crippen LogP contribution is 2.20. The van der Waals surface area contributed by atoms with E-state index < -0.39 is 0 Å². The van der Waals surface area contributed by atoms with Gasteiger partial charge in [-0.3, -0.25) is 19.1 Å². The third-order valence-corrected chi connectivity index (χ3v) is 6.69. The zero-order valence-electron chi connectivity index (χ0n) is 17.6. The number of benzene rings is 2. The van der Waals surface area contributed by atoms with Crippen LogP contribution in [0.25, 0.3) is 10.2 Å². The molecule has 1 aromatic heterocycles. The average Bonchev–Trinajstić information content (AvgIpc) is 3.06. The summed E-state index contributed by atoms with van der Waals surface area (Å²) in [6.07, 6.45) is 1.98. The van der Waals surface area contributed by atoms with Crippen LogP contribution in [-0.2, 0) is 6.54 Å². The summed E-state index contributed by atoms with van der Waals surface area (Å²) >= 11 is 1.21. The first-order valence-electron chi connectivity index (χ1n) is 10.4. The number of Topliss-reactive ketones (excluding diaryl/α,β-unsaturated/α-hetero) is 1. The van der Waals surface area contributed by atoms with Crippen LogP contribution in [0.15, 0.2) is 47.3 Å². The van der Waals surface area contributed by atoms with Crippen molar-refractivity contribution in [2.45, 2.75) is 26.3 Å². The van der Waals surface area contributed by atoms with Crippen LogP contribution in [0.3, 0.4) is 0 Å². The Bertz CT molecular complexity index is 1090. The van der Waals surface area contributed by atoms with Crippen molar-refractivity contribution >= 4 is 33.0 Å². The number of fused-ring (bicyclic) bond motifs is 1. The van der Waals surface area contributed by atoms with E-state index in [1.54, 1.807) is 13.0 Å². The number of rotatable bonds is 7. The molecule has 0 bridgehead atoms. The molecule has 4 rings (SSSR count). The fourth-order valence-corrected chi connectivity index (χ4v) is 4.94. The molecule has 1 fully saturated rings. The minimum atomic E-state index is -0.200. The van der Waals surface area contributed by atoms with Gasteiger partial charge >= 0.3 is 4.87 Å². The van der Waals surface area contributed by atoms with Gasteiger partial charge in [0.05, 0.1) is 10.2 Å². The highest BCUT2D eigenvalue weighted by molar-refractivity contribution is 7.16. The van der Waals surface area contributed by atoms with E-state index in [0.717, 1.165) is 61.5 Å². The minimum absolute atomic E-state index is 0. The summed E-state index contributed by atoms with van der Waals surface area (Å²) < 4.78 is 15.8. The normalized spacial score (nSPS) is 14.6. The van der Waals surface area contributed by atoms with E-state index in [1.807, 2.05) is 28.8 Å². The van der Waals surface area contributed by atoms with Crippen LogP contribution < -0.4 is 9.77 Å². The Morgan fingerprint density at radius 1 is 1.00 bits per heavy atom. The maximum absolute atomic E-state index is 13.1. The number of unbranched alkanes of at least 4 members (excludes halogenated alkanes) is 1. The molecule has 1 saturated heterocycles. The molecule has 3 aromatic rings. The van der Waals surface area contributed by atoms with Crippen molar-refractivity contribution in [2.75, 3.05) is 37.6 Å². The van der Waals surface area contributed by atoms with E-state index in [2.05, 4.69) is 9.80 Å². The number of nitrogens with zero attached hydrogens (tertiary/aromatic N) is 3. The molecule has 2 heterocycles. The molecule has 0 saturated carbocycles. The molecule has 2 aromatic carbocycles. The van der Waals surface area contributed by atoms with Crippen molar-refractivity contribution in [3.05, 3.63) is 63.5 Å². The fraction of sp³-hybridized carbons (Fsp3) is 0.391. The van der Waals surface area contributed by atoms with Crippen LogP contribution in [0.5, 0.6) is 0 Å². The number of aromatic nitrogens is 1. The Kier molecular flexibility index (Phi) is 7.59. The number of halogens is 1. The second kappa shape index (κ2) is 10.2. The molecule has 0 unspecified atom stereocenters. The predicted molar refractivity (Wildman–Crippen MR) is 124 cm³/mol. The maximum atomic E-state index is 13.1. The van der Waals surface area contributed by atoms with E-state index in [-0.39, 0.29) is 21.9 Å². The lowest BCUT2D eigenvalue weighted by Gasteiger charge is -2.36. The number of thiazole rings is 1. The third kappa shape index (κ3) is 5.39. The van der Waals surface area contributed by atoms with Crippen LogP contribution in [0, 0.1) is 5.82 Å². The number of hydrogen-bond acceptors (Lipinski definition) is 5. The van der Waals surface area contributed by atoms with Crippen molar-refractivity contribution in [1.29, 1.82) is 0 Å². The molecular formula is C23H28FN3O3S. The van der Waals surface area contributed by atoms with Crippen molar-refractivity contribution in [1.82, 2.24) is 9.47 Å². The molecule has 0 aliphatic carbocycles. The smallest absolute Gasteiger partial charge is 0.308 e. The van der Waals surface area contributed by atoms with Crippen molar-refractivity contribution < 1.29 is 14.7 Å². The molecule has 0 radical (unpaired) electrons. The summed E-state index contributed by atoms with van der Waals surface area (Å²) in [6.45, 7) is 7.13. The second-order valence-corrected chi connectivity index (χ2v) is 8.76. The van der Waals surface area contributed by atoms with E-state index in [4.69, 9.17) is 0 Å². The monoisotopic (exact) mass is 445 g/mol. The molecule has 1 aliphatic heterocycles. The van der Waals surface area contributed by atoms with Crippen LogP contribution in [-0.4, -0.2) is 53.5 Å². The number of carbonyl (C=O) groups excluding carboxylic acids is 1. The number of piperazine rings is 1. The largest absolute Gasteiger partial charge is 0.412 e. The summed E-state index contributed by atoms with van der Waals surface area (Å²) in [4.78, 5) is 28.7. The molecule has 0 atom stereocenters. The topological polar surface area (TPSA) is 77.1 Å². The summed E-state index contributed by atoms with van der Waals surface area (Å²) in [5.74, 6) is -0.182. The second-order valence-electron chi connectivity index (χ2n) is 7.77. The van der Waals surface area contributed by atoms with Crippen LogP contribution >= 0.6 is 11.3 Å². The first kappa shape index (κ1) is 23.1. The number of anilines is 1. The van der Waals surface area contributed by atoms with Gasteiger partial charge in [-0.15, -0.1) is 0 Å². The summed E-state index contributed by atoms with van der Waals surface area (Å²) in [6, 6.07) is 12.2. The van der Waals surface area contributed by atoms with Crippen LogP contribution in [0.4, 0.5) is 10.1 Å². The lowest BCUT2D eigenvalue weighted by Crippen LogP contribution is -2.46. The lowest BCUT2D eigenvalue weighted by molar-refractivity contribution is 0.101. The molecular weight excluding hydrogens is 417 g/mol. The maximum Gasteiger partial charge on any atom is 0.308 e. The van der Waals surface area contributed by atoms with Gasteiger partial charge in [-0.05, 0) is 68.8 Å². The van der Waals surface area contributed by atoms with Gasteiger partial charge in [0.2, 0.25) is 0 Å². The third-order valence-electron chi connectivity index (χ3n) is 5.74. The highest BCUT2D eigenvalue weighted by Gasteiger charge is 2.17. The van der Waals surface area contributed by atoms with Gasteiger partial charge < -0.3 is 10.4 Å². The molecule has 2 N–H and O–H groups in total. The Balaban J connectivity index is 0.00000272. The van der Waals surface area contributed by atoms with Crippen LogP contribution in [0.1, 0.15) is 30.1 Å². The van der Waals surface area contributed by atoms with Gasteiger partial charge in [0.15, 0.2) is 5.78 Å². The van der Waals surface area contributed by atoms with Gasteiger partial charge in [-0.25, -0.2) is 4.39 Å². The quantitative estimate of drug-likeness (QED) is 0.413. The minimum Gasteiger partial charge on any atom is -0.412 e. The zero-order valence-corrected chi connectivity index (χ0v) is 18.5. The van der Waals surface area contributed by atoms with Crippen LogP contribution in [0.2, 0.25) is 0 Å². The van der Waals surface area contributed by atoms with Gasteiger partial charge in [0.1, 0.15) is 5.82 Å². The number of aryl methyl sites for hydroxylation is 1. The van der Waals surface area contributed by atoms with Gasteiger partial charge in [-0.1, -0.05) is 11.3 Å². The van der Waals surface area contributed by atoms with E-state index >= 15 is 0 Å². The summed E-state index contributed by atoms with van der Waals surface area (Å²) in [5.41, 5.74) is 2.64. The van der Waals surface area contributed by atoms with E-state index in [0.29, 0.717) is 12.1 Å². The Hall–Kier alpha value is -2.55.